The summed E-state index contributed by atoms with van der Waals surface area (Å²) in [6.45, 7) is 2.72. The molecule has 3 aliphatic rings. The van der Waals surface area contributed by atoms with E-state index in [1.807, 2.05) is 18.9 Å². The van der Waals surface area contributed by atoms with Crippen LogP contribution in [0.4, 0.5) is 0 Å². The van der Waals surface area contributed by atoms with Crippen molar-refractivity contribution in [2.75, 3.05) is 20.3 Å². The van der Waals surface area contributed by atoms with E-state index in [1.54, 1.807) is 0 Å². The zero-order valence-electron chi connectivity index (χ0n) is 16.4. The van der Waals surface area contributed by atoms with Gasteiger partial charge in [0.25, 0.3) is 5.91 Å². The van der Waals surface area contributed by atoms with Gasteiger partial charge in [-0.25, -0.2) is 0 Å². The molecule has 0 aromatic heterocycles. The van der Waals surface area contributed by atoms with Crippen LogP contribution < -0.4 is 0 Å². The molecule has 3 atom stereocenters. The molecule has 0 unspecified atom stereocenters. The number of rotatable bonds is 8. The lowest BCUT2D eigenvalue weighted by Crippen LogP contribution is -2.44. The third kappa shape index (κ3) is 4.61. The molecule has 2 fully saturated rings. The predicted octanol–water partition coefficient (Wildman–Crippen LogP) is 3.47. The molecule has 1 amide bonds. The SMILES string of the molecule is CCO[C@@H]1OC(C(=O)N(C)C2CCCCC2)=C[C@H](C2CC2)[C@H]1CCCO. The summed E-state index contributed by atoms with van der Waals surface area (Å²) in [4.78, 5) is 15.0. The van der Waals surface area contributed by atoms with Crippen LogP contribution in [0.1, 0.15) is 64.7 Å². The molecule has 2 aliphatic carbocycles. The Morgan fingerprint density at radius 3 is 2.62 bits per heavy atom. The summed E-state index contributed by atoms with van der Waals surface area (Å²) >= 11 is 0. The zero-order chi connectivity index (χ0) is 18.5. The standard InChI is InChI=1S/C21H35NO4/c1-3-25-21-17(10-7-13-23)18(15-11-12-15)14-19(26-21)20(24)22(2)16-8-5-4-6-9-16/h14-18,21,23H,3-13H2,1-2H3/t17-,18-,21-/m1/s1. The van der Waals surface area contributed by atoms with E-state index in [4.69, 9.17) is 9.47 Å². The first-order chi connectivity index (χ1) is 12.7. The number of likely N-dealkylation sites (N-methyl/N-ethyl adjacent to an activating group) is 1. The fourth-order valence-corrected chi connectivity index (χ4v) is 4.61. The topological polar surface area (TPSA) is 59.0 Å². The van der Waals surface area contributed by atoms with Crippen LogP contribution in [0.2, 0.25) is 0 Å². The lowest BCUT2D eigenvalue weighted by molar-refractivity contribution is -0.177. The maximum Gasteiger partial charge on any atom is 0.288 e. The minimum absolute atomic E-state index is 0.00728. The monoisotopic (exact) mass is 365 g/mol. The van der Waals surface area contributed by atoms with Gasteiger partial charge < -0.3 is 19.5 Å². The van der Waals surface area contributed by atoms with E-state index >= 15 is 0 Å². The Morgan fingerprint density at radius 2 is 2.00 bits per heavy atom. The van der Waals surface area contributed by atoms with E-state index in [2.05, 4.69) is 6.08 Å². The molecule has 1 N–H and O–H groups in total. The Hall–Kier alpha value is -1.07. The second kappa shape index (κ2) is 9.23. The third-order valence-electron chi connectivity index (χ3n) is 6.28. The van der Waals surface area contributed by atoms with Crippen molar-refractivity contribution in [3.8, 4) is 0 Å². The normalized spacial score (nSPS) is 29.8. The van der Waals surface area contributed by atoms with Gasteiger partial charge in [-0.15, -0.1) is 0 Å². The maximum absolute atomic E-state index is 13.1. The predicted molar refractivity (Wildman–Crippen MR) is 100 cm³/mol. The number of hydrogen-bond donors (Lipinski definition) is 1. The van der Waals surface area contributed by atoms with Crippen LogP contribution in [-0.4, -0.2) is 48.5 Å². The average molecular weight is 366 g/mol. The van der Waals surface area contributed by atoms with Gasteiger partial charge >= 0.3 is 0 Å². The highest BCUT2D eigenvalue weighted by molar-refractivity contribution is 5.91. The largest absolute Gasteiger partial charge is 0.459 e. The summed E-state index contributed by atoms with van der Waals surface area (Å²) < 4.78 is 12.0. The van der Waals surface area contributed by atoms with E-state index in [-0.39, 0.29) is 24.7 Å². The minimum atomic E-state index is -0.374. The highest BCUT2D eigenvalue weighted by Gasteiger charge is 2.44. The maximum atomic E-state index is 13.1. The summed E-state index contributed by atoms with van der Waals surface area (Å²) in [7, 11) is 1.92. The molecule has 1 aliphatic heterocycles. The quantitative estimate of drug-likeness (QED) is 0.715. The molecule has 0 spiro atoms. The first kappa shape index (κ1) is 19.7. The summed E-state index contributed by atoms with van der Waals surface area (Å²) in [6.07, 6.45) is 11.6. The van der Waals surface area contributed by atoms with Crippen molar-refractivity contribution in [2.45, 2.75) is 77.0 Å². The molecule has 148 valence electrons. The van der Waals surface area contributed by atoms with Crippen LogP contribution in [0.25, 0.3) is 0 Å². The molecule has 1 heterocycles. The van der Waals surface area contributed by atoms with Crippen LogP contribution >= 0.6 is 0 Å². The number of carbonyl (C=O) groups is 1. The van der Waals surface area contributed by atoms with Crippen LogP contribution in [0.15, 0.2) is 11.8 Å². The second-order valence-electron chi connectivity index (χ2n) is 8.12. The fourth-order valence-electron chi connectivity index (χ4n) is 4.61. The molecule has 0 radical (unpaired) electrons. The Labute approximate surface area is 157 Å². The molecule has 26 heavy (non-hydrogen) atoms. The van der Waals surface area contributed by atoms with Gasteiger partial charge in [0.1, 0.15) is 0 Å². The Bertz CT molecular complexity index is 496. The van der Waals surface area contributed by atoms with Crippen LogP contribution in [0.3, 0.4) is 0 Å². The second-order valence-corrected chi connectivity index (χ2v) is 8.12. The van der Waals surface area contributed by atoms with Gasteiger partial charge in [0.2, 0.25) is 6.29 Å². The number of allylic oxidation sites excluding steroid dienone is 1. The van der Waals surface area contributed by atoms with E-state index in [9.17, 15) is 9.90 Å². The summed E-state index contributed by atoms with van der Waals surface area (Å²) in [5, 5.41) is 9.25. The Balaban J connectivity index is 1.75. The van der Waals surface area contributed by atoms with Gasteiger partial charge in [0, 0.05) is 32.2 Å². The smallest absolute Gasteiger partial charge is 0.288 e. The molecule has 0 aromatic carbocycles. The third-order valence-corrected chi connectivity index (χ3v) is 6.28. The number of aliphatic hydroxyl groups excluding tert-OH is 1. The first-order valence-electron chi connectivity index (χ1n) is 10.5. The molecule has 3 rings (SSSR count). The van der Waals surface area contributed by atoms with Crippen molar-refractivity contribution in [3.05, 3.63) is 11.8 Å². The van der Waals surface area contributed by atoms with Gasteiger partial charge in [-0.2, -0.15) is 0 Å². The van der Waals surface area contributed by atoms with Gasteiger partial charge in [-0.1, -0.05) is 19.3 Å². The van der Waals surface area contributed by atoms with Crippen molar-refractivity contribution in [1.82, 2.24) is 4.90 Å². The van der Waals surface area contributed by atoms with E-state index < -0.39 is 0 Å². The Kier molecular flexibility index (Phi) is 6.98. The summed E-state index contributed by atoms with van der Waals surface area (Å²) in [6, 6.07) is 0.331. The van der Waals surface area contributed by atoms with Crippen molar-refractivity contribution in [1.29, 1.82) is 0 Å². The number of aliphatic hydroxyl groups is 1. The number of hydrogen-bond acceptors (Lipinski definition) is 4. The first-order valence-corrected chi connectivity index (χ1v) is 10.5. The van der Waals surface area contributed by atoms with Crippen LogP contribution in [0.5, 0.6) is 0 Å². The van der Waals surface area contributed by atoms with Crippen LogP contribution in [-0.2, 0) is 14.3 Å². The molecule has 2 saturated carbocycles. The van der Waals surface area contributed by atoms with Gasteiger partial charge in [-0.3, -0.25) is 4.79 Å². The highest BCUT2D eigenvalue weighted by Crippen LogP contribution is 2.47. The average Bonchev–Trinajstić information content (AvgIpc) is 3.51. The zero-order valence-corrected chi connectivity index (χ0v) is 16.4. The lowest BCUT2D eigenvalue weighted by Gasteiger charge is -2.39. The number of nitrogens with zero attached hydrogens (tertiary/aromatic N) is 1. The number of ether oxygens (including phenoxy) is 2. The van der Waals surface area contributed by atoms with E-state index in [0.717, 1.165) is 25.7 Å². The highest BCUT2D eigenvalue weighted by atomic mass is 16.7. The van der Waals surface area contributed by atoms with Gasteiger partial charge in [0.15, 0.2) is 5.76 Å². The minimum Gasteiger partial charge on any atom is -0.459 e. The van der Waals surface area contributed by atoms with Crippen molar-refractivity contribution < 1.29 is 19.4 Å². The van der Waals surface area contributed by atoms with E-state index in [1.165, 1.54) is 32.1 Å². The van der Waals surface area contributed by atoms with Gasteiger partial charge in [-0.05, 0) is 63.4 Å². The van der Waals surface area contributed by atoms with Crippen molar-refractivity contribution in [3.63, 3.8) is 0 Å². The van der Waals surface area contributed by atoms with Crippen molar-refractivity contribution in [2.24, 2.45) is 17.8 Å². The molecule has 0 saturated heterocycles. The number of amides is 1. The molecule has 0 aromatic rings. The van der Waals surface area contributed by atoms with E-state index in [0.29, 0.717) is 30.2 Å². The molecule has 0 bridgehead atoms. The number of carbonyl (C=O) groups excluding carboxylic acids is 1. The summed E-state index contributed by atoms with van der Waals surface area (Å²) in [5.41, 5.74) is 0. The molecule has 5 heteroatoms. The lowest BCUT2D eigenvalue weighted by atomic mass is 9.82. The fraction of sp³-hybridized carbons (Fsp3) is 0.857. The summed E-state index contributed by atoms with van der Waals surface area (Å²) in [5.74, 6) is 1.67. The Morgan fingerprint density at radius 1 is 1.27 bits per heavy atom. The molecular formula is C21H35NO4. The molecular weight excluding hydrogens is 330 g/mol. The van der Waals surface area contributed by atoms with Gasteiger partial charge in [0.05, 0.1) is 0 Å². The van der Waals surface area contributed by atoms with Crippen LogP contribution in [0, 0.1) is 17.8 Å². The molecule has 5 nitrogen and oxygen atoms in total. The van der Waals surface area contributed by atoms with Crippen molar-refractivity contribution >= 4 is 5.91 Å².